The molecule has 0 unspecified atom stereocenters. The minimum absolute atomic E-state index is 0.1000. The van der Waals surface area contributed by atoms with E-state index in [-0.39, 0.29) is 5.41 Å². The molecule has 1 saturated carbocycles. The SMILES string of the molecule is CCCNCc1cc(OC)ccc1OCC1(CC#N)CC1. The Labute approximate surface area is 127 Å². The fraction of sp³-hybridized carbons (Fsp3) is 0.588. The molecule has 0 atom stereocenters. The second kappa shape index (κ2) is 7.33. The summed E-state index contributed by atoms with van der Waals surface area (Å²) in [7, 11) is 1.67. The lowest BCUT2D eigenvalue weighted by atomic mass is 10.1. The summed E-state index contributed by atoms with van der Waals surface area (Å²) >= 11 is 0. The van der Waals surface area contributed by atoms with Gasteiger partial charge in [-0.05, 0) is 44.0 Å². The molecule has 21 heavy (non-hydrogen) atoms. The summed E-state index contributed by atoms with van der Waals surface area (Å²) in [6.45, 7) is 4.53. The summed E-state index contributed by atoms with van der Waals surface area (Å²) in [4.78, 5) is 0. The number of nitrogens with zero attached hydrogens (tertiary/aromatic N) is 1. The van der Waals surface area contributed by atoms with E-state index in [0.29, 0.717) is 13.0 Å². The predicted octanol–water partition coefficient (Wildman–Crippen LogP) is 3.27. The second-order valence-corrected chi connectivity index (χ2v) is 5.77. The van der Waals surface area contributed by atoms with Gasteiger partial charge in [0.2, 0.25) is 0 Å². The van der Waals surface area contributed by atoms with E-state index in [9.17, 15) is 0 Å². The van der Waals surface area contributed by atoms with Gasteiger partial charge in [-0.2, -0.15) is 5.26 Å². The third-order valence-electron chi connectivity index (χ3n) is 3.95. The first-order valence-electron chi connectivity index (χ1n) is 7.60. The minimum atomic E-state index is 0.1000. The molecular formula is C17H24N2O2. The Balaban J connectivity index is 2.01. The maximum Gasteiger partial charge on any atom is 0.124 e. The second-order valence-electron chi connectivity index (χ2n) is 5.77. The van der Waals surface area contributed by atoms with Crippen LogP contribution in [0.5, 0.6) is 11.5 Å². The van der Waals surface area contributed by atoms with Gasteiger partial charge < -0.3 is 14.8 Å². The molecule has 4 nitrogen and oxygen atoms in total. The monoisotopic (exact) mass is 288 g/mol. The molecule has 1 aliphatic rings. The zero-order valence-corrected chi connectivity index (χ0v) is 12.9. The van der Waals surface area contributed by atoms with Crippen LogP contribution < -0.4 is 14.8 Å². The Kier molecular flexibility index (Phi) is 5.46. The zero-order chi connectivity index (χ0) is 15.1. The summed E-state index contributed by atoms with van der Waals surface area (Å²) in [5.74, 6) is 1.73. The average molecular weight is 288 g/mol. The molecule has 1 aromatic carbocycles. The Morgan fingerprint density at radius 2 is 2.19 bits per heavy atom. The standard InChI is InChI=1S/C17H24N2O2/c1-3-10-19-12-14-11-15(20-2)4-5-16(14)21-13-17(6-7-17)8-9-18/h4-5,11,19H,3,6-8,10,12-13H2,1-2H3. The molecule has 1 N–H and O–H groups in total. The number of methoxy groups -OCH3 is 1. The van der Waals surface area contributed by atoms with Crippen molar-refractivity contribution in [3.8, 4) is 17.6 Å². The number of ether oxygens (including phenoxy) is 2. The number of benzene rings is 1. The van der Waals surface area contributed by atoms with Crippen LogP contribution in [-0.4, -0.2) is 20.3 Å². The number of nitriles is 1. The third-order valence-corrected chi connectivity index (χ3v) is 3.95. The van der Waals surface area contributed by atoms with Gasteiger partial charge in [0, 0.05) is 23.9 Å². The Morgan fingerprint density at radius 3 is 2.81 bits per heavy atom. The highest BCUT2D eigenvalue weighted by Gasteiger charge is 2.43. The molecule has 0 radical (unpaired) electrons. The van der Waals surface area contributed by atoms with Gasteiger partial charge in [0.25, 0.3) is 0 Å². The lowest BCUT2D eigenvalue weighted by Crippen LogP contribution is -2.17. The smallest absolute Gasteiger partial charge is 0.124 e. The summed E-state index contributed by atoms with van der Waals surface area (Å²) in [6.07, 6.45) is 3.89. The number of nitrogens with one attached hydrogen (secondary N) is 1. The van der Waals surface area contributed by atoms with Gasteiger partial charge in [0.15, 0.2) is 0 Å². The molecule has 0 aromatic heterocycles. The summed E-state index contributed by atoms with van der Waals surface area (Å²) < 4.78 is 11.3. The van der Waals surface area contributed by atoms with Gasteiger partial charge in [-0.15, -0.1) is 0 Å². The summed E-state index contributed by atoms with van der Waals surface area (Å²) in [5, 5.41) is 12.3. The topological polar surface area (TPSA) is 54.3 Å². The molecule has 1 aliphatic carbocycles. The first-order valence-corrected chi connectivity index (χ1v) is 7.60. The highest BCUT2D eigenvalue weighted by atomic mass is 16.5. The zero-order valence-electron chi connectivity index (χ0n) is 12.9. The first-order chi connectivity index (χ1) is 10.2. The Hall–Kier alpha value is -1.73. The van der Waals surface area contributed by atoms with Crippen molar-refractivity contribution < 1.29 is 9.47 Å². The van der Waals surface area contributed by atoms with Crippen molar-refractivity contribution in [3.63, 3.8) is 0 Å². The number of hydrogen-bond acceptors (Lipinski definition) is 4. The molecule has 1 aromatic rings. The van der Waals surface area contributed by atoms with E-state index in [4.69, 9.17) is 14.7 Å². The van der Waals surface area contributed by atoms with Crippen molar-refractivity contribution >= 4 is 0 Å². The van der Waals surface area contributed by atoms with E-state index in [2.05, 4.69) is 18.3 Å². The molecular weight excluding hydrogens is 264 g/mol. The van der Waals surface area contributed by atoms with Crippen LogP contribution in [0, 0.1) is 16.7 Å². The third kappa shape index (κ3) is 4.37. The van der Waals surface area contributed by atoms with Crippen molar-refractivity contribution in [2.24, 2.45) is 5.41 Å². The molecule has 2 rings (SSSR count). The van der Waals surface area contributed by atoms with Crippen LogP contribution in [0.15, 0.2) is 18.2 Å². The molecule has 0 bridgehead atoms. The lowest BCUT2D eigenvalue weighted by Gasteiger charge is -2.17. The molecule has 0 aliphatic heterocycles. The van der Waals surface area contributed by atoms with Crippen molar-refractivity contribution in [1.29, 1.82) is 5.26 Å². The van der Waals surface area contributed by atoms with Crippen LogP contribution in [0.1, 0.15) is 38.2 Å². The van der Waals surface area contributed by atoms with Gasteiger partial charge in [-0.1, -0.05) is 6.92 Å². The van der Waals surface area contributed by atoms with Gasteiger partial charge in [0.1, 0.15) is 11.5 Å². The fourth-order valence-electron chi connectivity index (χ4n) is 2.31. The van der Waals surface area contributed by atoms with Crippen LogP contribution in [-0.2, 0) is 6.54 Å². The van der Waals surface area contributed by atoms with E-state index < -0.39 is 0 Å². The number of hydrogen-bond donors (Lipinski definition) is 1. The van der Waals surface area contributed by atoms with Crippen molar-refractivity contribution in [2.75, 3.05) is 20.3 Å². The highest BCUT2D eigenvalue weighted by Crippen LogP contribution is 2.48. The van der Waals surface area contributed by atoms with Crippen LogP contribution in [0.2, 0.25) is 0 Å². The number of rotatable bonds is 9. The van der Waals surface area contributed by atoms with Gasteiger partial charge in [0.05, 0.1) is 19.8 Å². The lowest BCUT2D eigenvalue weighted by molar-refractivity contribution is 0.234. The highest BCUT2D eigenvalue weighted by molar-refractivity contribution is 5.40. The summed E-state index contributed by atoms with van der Waals surface area (Å²) in [5.41, 5.74) is 1.21. The molecule has 1 fully saturated rings. The average Bonchev–Trinajstić information content (AvgIpc) is 3.26. The van der Waals surface area contributed by atoms with Crippen LogP contribution in [0.25, 0.3) is 0 Å². The van der Waals surface area contributed by atoms with Crippen molar-refractivity contribution in [3.05, 3.63) is 23.8 Å². The largest absolute Gasteiger partial charge is 0.497 e. The maximum absolute atomic E-state index is 8.87. The van der Waals surface area contributed by atoms with E-state index in [1.165, 1.54) is 0 Å². The van der Waals surface area contributed by atoms with E-state index >= 15 is 0 Å². The van der Waals surface area contributed by atoms with Gasteiger partial charge in [-0.25, -0.2) is 0 Å². The summed E-state index contributed by atoms with van der Waals surface area (Å²) in [6, 6.07) is 8.17. The quantitative estimate of drug-likeness (QED) is 0.709. The molecule has 0 saturated heterocycles. The van der Waals surface area contributed by atoms with E-state index in [1.807, 2.05) is 18.2 Å². The normalized spacial score (nSPS) is 15.3. The van der Waals surface area contributed by atoms with Gasteiger partial charge in [-0.3, -0.25) is 0 Å². The molecule has 0 heterocycles. The first kappa shape index (κ1) is 15.7. The van der Waals surface area contributed by atoms with Crippen LogP contribution in [0.4, 0.5) is 0 Å². The van der Waals surface area contributed by atoms with Crippen molar-refractivity contribution in [1.82, 2.24) is 5.32 Å². The van der Waals surface area contributed by atoms with E-state index in [0.717, 1.165) is 49.4 Å². The molecule has 0 amide bonds. The molecule has 114 valence electrons. The van der Waals surface area contributed by atoms with Crippen LogP contribution >= 0.6 is 0 Å². The van der Waals surface area contributed by atoms with Crippen LogP contribution in [0.3, 0.4) is 0 Å². The fourth-order valence-corrected chi connectivity index (χ4v) is 2.31. The molecule has 4 heteroatoms. The minimum Gasteiger partial charge on any atom is -0.497 e. The predicted molar refractivity (Wildman–Crippen MR) is 82.4 cm³/mol. The maximum atomic E-state index is 8.87. The molecule has 0 spiro atoms. The Morgan fingerprint density at radius 1 is 1.38 bits per heavy atom. The Bertz CT molecular complexity index is 504. The van der Waals surface area contributed by atoms with Gasteiger partial charge >= 0.3 is 0 Å². The van der Waals surface area contributed by atoms with E-state index in [1.54, 1.807) is 7.11 Å². The van der Waals surface area contributed by atoms with Crippen molar-refractivity contribution in [2.45, 2.75) is 39.2 Å².